The number of aliphatic hydroxyl groups is 2. The van der Waals surface area contributed by atoms with Crippen LogP contribution in [0.3, 0.4) is 0 Å². The molecule has 14 heavy (non-hydrogen) atoms. The summed E-state index contributed by atoms with van der Waals surface area (Å²) in [6.07, 6.45) is 0. The smallest absolute Gasteiger partial charge is 0.549 e. The SMILES string of the molecule is CC(CO)N(CC(=O)[O-])C(C)CO.[Na+]. The van der Waals surface area contributed by atoms with Crippen molar-refractivity contribution in [3.05, 3.63) is 0 Å². The van der Waals surface area contributed by atoms with Gasteiger partial charge in [-0.2, -0.15) is 0 Å². The van der Waals surface area contributed by atoms with E-state index in [-0.39, 0.29) is 61.4 Å². The van der Waals surface area contributed by atoms with Crippen molar-refractivity contribution in [2.45, 2.75) is 25.9 Å². The Hall–Kier alpha value is 0.350. The standard InChI is InChI=1S/C8H17NO4.Na/c1-6(4-10)9(3-8(12)13)7(2)5-11;/h6-7,10-11H,3-5H2,1-2H3,(H,12,13);/q;+1/p-1. The van der Waals surface area contributed by atoms with Crippen LogP contribution in [-0.2, 0) is 4.79 Å². The van der Waals surface area contributed by atoms with E-state index < -0.39 is 5.97 Å². The molecule has 0 aromatic carbocycles. The Morgan fingerprint density at radius 3 is 1.86 bits per heavy atom. The van der Waals surface area contributed by atoms with E-state index in [9.17, 15) is 9.90 Å². The van der Waals surface area contributed by atoms with Crippen LogP contribution in [0.15, 0.2) is 0 Å². The number of aliphatic hydroxyl groups excluding tert-OH is 2. The van der Waals surface area contributed by atoms with E-state index in [1.165, 1.54) is 4.90 Å². The summed E-state index contributed by atoms with van der Waals surface area (Å²) >= 11 is 0. The van der Waals surface area contributed by atoms with E-state index in [1.807, 2.05) is 0 Å². The van der Waals surface area contributed by atoms with Gasteiger partial charge in [-0.05, 0) is 13.8 Å². The van der Waals surface area contributed by atoms with Crippen molar-refractivity contribution in [2.75, 3.05) is 19.8 Å². The maximum atomic E-state index is 10.3. The van der Waals surface area contributed by atoms with Gasteiger partial charge in [0, 0.05) is 18.6 Å². The molecule has 0 radical (unpaired) electrons. The predicted octanol–water partition coefficient (Wildman–Crippen LogP) is -5.20. The molecule has 0 saturated heterocycles. The Kier molecular flexibility index (Phi) is 10.4. The summed E-state index contributed by atoms with van der Waals surface area (Å²) < 4.78 is 0. The molecule has 0 amide bonds. The van der Waals surface area contributed by atoms with Gasteiger partial charge in [0.05, 0.1) is 19.2 Å². The average Bonchev–Trinajstić information content (AvgIpc) is 2.11. The van der Waals surface area contributed by atoms with Crippen LogP contribution in [0.25, 0.3) is 0 Å². The normalized spacial score (nSPS) is 14.6. The molecule has 2 N–H and O–H groups in total. The van der Waals surface area contributed by atoms with Crippen LogP contribution in [0.5, 0.6) is 0 Å². The first-order chi connectivity index (χ1) is 6.02. The molecular weight excluding hydrogens is 197 g/mol. The summed E-state index contributed by atoms with van der Waals surface area (Å²) in [5, 5.41) is 28.0. The zero-order valence-corrected chi connectivity index (χ0v) is 10.9. The third-order valence-electron chi connectivity index (χ3n) is 1.97. The third-order valence-corrected chi connectivity index (χ3v) is 1.97. The molecule has 2 atom stereocenters. The van der Waals surface area contributed by atoms with Gasteiger partial charge < -0.3 is 20.1 Å². The van der Waals surface area contributed by atoms with Gasteiger partial charge in [-0.3, -0.25) is 4.90 Å². The van der Waals surface area contributed by atoms with E-state index >= 15 is 0 Å². The van der Waals surface area contributed by atoms with Gasteiger partial charge in [-0.25, -0.2) is 0 Å². The first kappa shape index (κ1) is 16.8. The zero-order chi connectivity index (χ0) is 10.4. The average molecular weight is 213 g/mol. The van der Waals surface area contributed by atoms with Gasteiger partial charge in [0.15, 0.2) is 0 Å². The van der Waals surface area contributed by atoms with Crippen LogP contribution in [0.2, 0.25) is 0 Å². The molecule has 0 spiro atoms. The first-order valence-electron chi connectivity index (χ1n) is 4.20. The summed E-state index contributed by atoms with van der Waals surface area (Å²) in [5.41, 5.74) is 0. The largest absolute Gasteiger partial charge is 1.00 e. The quantitative estimate of drug-likeness (QED) is 0.431. The van der Waals surface area contributed by atoms with Crippen molar-refractivity contribution in [2.24, 2.45) is 0 Å². The van der Waals surface area contributed by atoms with Crippen LogP contribution < -0.4 is 34.7 Å². The minimum atomic E-state index is -1.21. The molecule has 0 fully saturated rings. The van der Waals surface area contributed by atoms with Gasteiger partial charge in [-0.15, -0.1) is 0 Å². The fourth-order valence-electron chi connectivity index (χ4n) is 1.10. The molecule has 0 rings (SSSR count). The Bertz CT molecular complexity index is 157. The van der Waals surface area contributed by atoms with Gasteiger partial charge in [0.2, 0.25) is 0 Å². The van der Waals surface area contributed by atoms with Crippen LogP contribution in [0, 0.1) is 0 Å². The number of nitrogens with zero attached hydrogens (tertiary/aromatic N) is 1. The minimum Gasteiger partial charge on any atom is -0.549 e. The van der Waals surface area contributed by atoms with Gasteiger partial charge in [0.1, 0.15) is 0 Å². The van der Waals surface area contributed by atoms with Crippen molar-refractivity contribution < 1.29 is 49.7 Å². The molecule has 0 saturated carbocycles. The van der Waals surface area contributed by atoms with Crippen LogP contribution in [0.4, 0.5) is 0 Å². The van der Waals surface area contributed by atoms with E-state index in [2.05, 4.69) is 0 Å². The summed E-state index contributed by atoms with van der Waals surface area (Å²) in [6.45, 7) is 2.82. The van der Waals surface area contributed by atoms with E-state index in [4.69, 9.17) is 10.2 Å². The van der Waals surface area contributed by atoms with Crippen LogP contribution >= 0.6 is 0 Å². The number of hydrogen-bond acceptors (Lipinski definition) is 5. The predicted molar refractivity (Wildman–Crippen MR) is 44.8 cm³/mol. The second kappa shape index (κ2) is 8.64. The van der Waals surface area contributed by atoms with Crippen molar-refractivity contribution in [3.8, 4) is 0 Å². The van der Waals surface area contributed by atoms with Crippen molar-refractivity contribution in [3.63, 3.8) is 0 Å². The van der Waals surface area contributed by atoms with E-state index in [0.29, 0.717) is 0 Å². The Labute approximate surface area is 106 Å². The van der Waals surface area contributed by atoms with Crippen LogP contribution in [-0.4, -0.2) is 52.9 Å². The van der Waals surface area contributed by atoms with Crippen molar-refractivity contribution in [1.82, 2.24) is 4.90 Å². The van der Waals surface area contributed by atoms with Gasteiger partial charge in [-0.1, -0.05) is 0 Å². The van der Waals surface area contributed by atoms with Crippen molar-refractivity contribution in [1.29, 1.82) is 0 Å². The molecule has 0 aromatic heterocycles. The molecule has 0 aliphatic carbocycles. The number of carbonyl (C=O) groups excluding carboxylic acids is 1. The third kappa shape index (κ3) is 5.95. The summed E-state index contributed by atoms with van der Waals surface area (Å²) in [4.78, 5) is 11.8. The molecule has 0 aromatic rings. The van der Waals surface area contributed by atoms with Gasteiger partial charge in [0.25, 0.3) is 0 Å². The fourth-order valence-corrected chi connectivity index (χ4v) is 1.10. The molecule has 78 valence electrons. The number of rotatable bonds is 6. The molecule has 0 heterocycles. The molecule has 5 nitrogen and oxygen atoms in total. The second-order valence-corrected chi connectivity index (χ2v) is 3.11. The van der Waals surface area contributed by atoms with Crippen LogP contribution in [0.1, 0.15) is 13.8 Å². The summed E-state index contributed by atoms with van der Waals surface area (Å²) in [6, 6.07) is -0.583. The molecule has 0 bridgehead atoms. The first-order valence-corrected chi connectivity index (χ1v) is 4.20. The maximum Gasteiger partial charge on any atom is 1.00 e. The number of aliphatic carboxylic acids is 1. The molecule has 0 aliphatic rings. The van der Waals surface area contributed by atoms with E-state index in [1.54, 1.807) is 13.8 Å². The molecular formula is C8H16NNaO4. The Morgan fingerprint density at radius 2 is 1.64 bits per heavy atom. The molecule has 6 heteroatoms. The Morgan fingerprint density at radius 1 is 1.29 bits per heavy atom. The monoisotopic (exact) mass is 213 g/mol. The maximum absolute atomic E-state index is 10.3. The Balaban J connectivity index is 0. The molecule has 2 unspecified atom stereocenters. The zero-order valence-electron chi connectivity index (χ0n) is 8.93. The minimum absolute atomic E-state index is 0. The number of carboxylic acids is 1. The summed E-state index contributed by atoms with van der Waals surface area (Å²) in [5.74, 6) is -1.21. The van der Waals surface area contributed by atoms with E-state index in [0.717, 1.165) is 0 Å². The number of carboxylic acid groups (broad SMARTS) is 1. The summed E-state index contributed by atoms with van der Waals surface area (Å²) in [7, 11) is 0. The second-order valence-electron chi connectivity index (χ2n) is 3.11. The number of carbonyl (C=O) groups is 1. The fraction of sp³-hybridized carbons (Fsp3) is 0.875. The number of hydrogen-bond donors (Lipinski definition) is 2. The topological polar surface area (TPSA) is 83.8 Å². The van der Waals surface area contributed by atoms with Gasteiger partial charge >= 0.3 is 29.6 Å². The van der Waals surface area contributed by atoms with Crippen molar-refractivity contribution >= 4 is 5.97 Å². The molecule has 0 aliphatic heterocycles.